The van der Waals surface area contributed by atoms with Crippen molar-refractivity contribution in [2.45, 2.75) is 97.1 Å². The van der Waals surface area contributed by atoms with Gasteiger partial charge in [0.05, 0.1) is 12.3 Å². The number of esters is 1. The molecule has 0 radical (unpaired) electrons. The molecule has 1 atom stereocenters. The Hall–Kier alpha value is -3.48. The molecule has 0 fully saturated rings. The van der Waals surface area contributed by atoms with E-state index in [4.69, 9.17) is 9.47 Å². The molecule has 0 aliphatic rings. The maximum Gasteiger partial charge on any atom is 0.434 e. The number of amides is 2. The van der Waals surface area contributed by atoms with Crippen molar-refractivity contribution >= 4 is 23.7 Å². The van der Waals surface area contributed by atoms with Crippen LogP contribution in [0.3, 0.4) is 0 Å². The fourth-order valence-electron chi connectivity index (χ4n) is 4.21. The summed E-state index contributed by atoms with van der Waals surface area (Å²) in [5, 5.41) is 2.81. The van der Waals surface area contributed by atoms with E-state index in [-0.39, 0.29) is 25.5 Å². The van der Waals surface area contributed by atoms with Crippen LogP contribution in [0.5, 0.6) is 0 Å². The molecule has 0 heterocycles. The Morgan fingerprint density at radius 3 is 1.97 bits per heavy atom. The zero-order valence-electron chi connectivity index (χ0n) is 23.5. The van der Waals surface area contributed by atoms with Gasteiger partial charge >= 0.3 is 12.1 Å². The van der Waals surface area contributed by atoms with Crippen molar-refractivity contribution in [1.29, 1.82) is 0 Å². The van der Waals surface area contributed by atoms with Gasteiger partial charge in [-0.3, -0.25) is 4.79 Å². The summed E-state index contributed by atoms with van der Waals surface area (Å²) in [7, 11) is 0. The van der Waals surface area contributed by atoms with Gasteiger partial charge in [-0.15, -0.1) is 0 Å². The molecule has 0 aromatic heterocycles. The average molecular weight is 537 g/mol. The lowest BCUT2D eigenvalue weighted by atomic mass is 10.0. The fourth-order valence-corrected chi connectivity index (χ4v) is 4.21. The molecule has 7 nitrogen and oxygen atoms in total. The topological polar surface area (TPSA) is 94.1 Å². The standard InChI is InChI=1S/C32H44N2O5/c1-3-5-6-7-8-9-10-11-18-23-30(35)33-29(31(36)38-4-2)24-28(27-21-16-13-17-22-27)34-32(37)39-25-26-19-14-12-15-20-26/h12-17,19-22,29H,3-11,18,23-25H2,1-2H3,(H,33,35)/b34-28-/t29-/m1/s1. The number of nitrogens with one attached hydrogen (secondary N) is 1. The summed E-state index contributed by atoms with van der Waals surface area (Å²) in [6.07, 6.45) is 9.99. The molecule has 0 bridgehead atoms. The number of benzene rings is 2. The second-order valence-electron chi connectivity index (χ2n) is 9.62. The van der Waals surface area contributed by atoms with Crippen LogP contribution < -0.4 is 5.32 Å². The van der Waals surface area contributed by atoms with Gasteiger partial charge in [-0.05, 0) is 24.5 Å². The van der Waals surface area contributed by atoms with E-state index in [0.717, 1.165) is 24.8 Å². The number of nitrogens with zero attached hydrogens (tertiary/aromatic N) is 1. The van der Waals surface area contributed by atoms with Crippen molar-refractivity contribution in [2.24, 2.45) is 4.99 Å². The molecule has 2 amide bonds. The summed E-state index contributed by atoms with van der Waals surface area (Å²) in [4.78, 5) is 42.2. The molecule has 0 aliphatic carbocycles. The molecule has 7 heteroatoms. The highest BCUT2D eigenvalue weighted by atomic mass is 16.5. The SMILES string of the molecule is CCCCCCCCCCCC(=O)N[C@H](C/C(=N/C(=O)OCc1ccccc1)c1ccccc1)C(=O)OCC. The molecule has 0 unspecified atom stereocenters. The summed E-state index contributed by atoms with van der Waals surface area (Å²) in [5.41, 5.74) is 1.85. The monoisotopic (exact) mass is 536 g/mol. The van der Waals surface area contributed by atoms with E-state index >= 15 is 0 Å². The Kier molecular flexibility index (Phi) is 15.9. The molecule has 0 aliphatic heterocycles. The normalized spacial score (nSPS) is 12.0. The van der Waals surface area contributed by atoms with Gasteiger partial charge in [0, 0.05) is 12.8 Å². The number of unbranched alkanes of at least 4 members (excludes halogenated alkanes) is 8. The molecule has 1 N–H and O–H groups in total. The Bertz CT molecular complexity index is 1010. The second-order valence-corrected chi connectivity index (χ2v) is 9.62. The van der Waals surface area contributed by atoms with Crippen LogP contribution in [0.4, 0.5) is 4.79 Å². The Morgan fingerprint density at radius 1 is 0.769 bits per heavy atom. The van der Waals surface area contributed by atoms with Crippen LogP contribution in [0, 0.1) is 0 Å². The van der Waals surface area contributed by atoms with Crippen LogP contribution in [0.15, 0.2) is 65.7 Å². The van der Waals surface area contributed by atoms with E-state index in [1.807, 2.05) is 48.5 Å². The number of aliphatic imine (C=N–C) groups is 1. The van der Waals surface area contributed by atoms with E-state index in [1.54, 1.807) is 19.1 Å². The largest absolute Gasteiger partial charge is 0.464 e. The maximum absolute atomic E-state index is 12.8. The number of carbonyl (C=O) groups excluding carboxylic acids is 3. The van der Waals surface area contributed by atoms with Crippen LogP contribution >= 0.6 is 0 Å². The molecule has 2 aromatic carbocycles. The quantitative estimate of drug-likeness (QED) is 0.124. The first-order valence-corrected chi connectivity index (χ1v) is 14.3. The van der Waals surface area contributed by atoms with Crippen LogP contribution in [-0.4, -0.2) is 36.3 Å². The second kappa shape index (κ2) is 19.6. The first-order valence-electron chi connectivity index (χ1n) is 14.3. The van der Waals surface area contributed by atoms with Gasteiger partial charge in [0.25, 0.3) is 0 Å². The fraction of sp³-hybridized carbons (Fsp3) is 0.500. The number of ether oxygens (including phenoxy) is 2. The van der Waals surface area contributed by atoms with Crippen LogP contribution in [-0.2, 0) is 25.7 Å². The van der Waals surface area contributed by atoms with E-state index < -0.39 is 18.1 Å². The molecular weight excluding hydrogens is 492 g/mol. The van der Waals surface area contributed by atoms with Gasteiger partial charge < -0.3 is 14.8 Å². The molecule has 2 rings (SSSR count). The zero-order valence-corrected chi connectivity index (χ0v) is 23.5. The van der Waals surface area contributed by atoms with Gasteiger partial charge in [-0.25, -0.2) is 9.59 Å². The smallest absolute Gasteiger partial charge is 0.434 e. The summed E-state index contributed by atoms with van der Waals surface area (Å²) in [6, 6.07) is 17.5. The van der Waals surface area contributed by atoms with Crippen LogP contribution in [0.25, 0.3) is 0 Å². The van der Waals surface area contributed by atoms with Crippen LogP contribution in [0.2, 0.25) is 0 Å². The van der Waals surface area contributed by atoms with Crippen molar-refractivity contribution in [1.82, 2.24) is 5.32 Å². The minimum Gasteiger partial charge on any atom is -0.464 e. The molecule has 2 aromatic rings. The predicted molar refractivity (Wildman–Crippen MR) is 155 cm³/mol. The lowest BCUT2D eigenvalue weighted by molar-refractivity contribution is -0.147. The van der Waals surface area contributed by atoms with Gasteiger partial charge in [-0.1, -0.05) is 119 Å². The zero-order chi connectivity index (χ0) is 28.1. The first kappa shape index (κ1) is 31.7. The third kappa shape index (κ3) is 13.8. The highest BCUT2D eigenvalue weighted by Crippen LogP contribution is 2.13. The molecule has 0 spiro atoms. The minimum absolute atomic E-state index is 0.00673. The molecular formula is C32H44N2O5. The van der Waals surface area contributed by atoms with Gasteiger partial charge in [0.15, 0.2) is 0 Å². The summed E-state index contributed by atoms with van der Waals surface area (Å²) >= 11 is 0. The van der Waals surface area contributed by atoms with Crippen molar-refractivity contribution < 1.29 is 23.9 Å². The summed E-state index contributed by atoms with van der Waals surface area (Å²) < 4.78 is 10.6. The molecule has 212 valence electrons. The third-order valence-corrected chi connectivity index (χ3v) is 6.35. The number of carbonyl (C=O) groups is 3. The van der Waals surface area contributed by atoms with Crippen molar-refractivity contribution in [3.63, 3.8) is 0 Å². The van der Waals surface area contributed by atoms with Gasteiger partial charge in [-0.2, -0.15) is 4.99 Å². The highest BCUT2D eigenvalue weighted by Gasteiger charge is 2.25. The van der Waals surface area contributed by atoms with Crippen molar-refractivity contribution in [2.75, 3.05) is 6.61 Å². The Morgan fingerprint density at radius 2 is 1.36 bits per heavy atom. The summed E-state index contributed by atoms with van der Waals surface area (Å²) in [6.45, 7) is 4.20. The average Bonchev–Trinajstić information content (AvgIpc) is 2.95. The maximum atomic E-state index is 12.8. The minimum atomic E-state index is -0.961. The molecule has 0 saturated carbocycles. The number of hydrogen-bond donors (Lipinski definition) is 1. The van der Waals surface area contributed by atoms with E-state index in [2.05, 4.69) is 17.2 Å². The van der Waals surface area contributed by atoms with Gasteiger partial charge in [0.2, 0.25) is 5.91 Å². The van der Waals surface area contributed by atoms with Crippen molar-refractivity contribution in [3.05, 3.63) is 71.8 Å². The predicted octanol–water partition coefficient (Wildman–Crippen LogP) is 7.17. The summed E-state index contributed by atoms with van der Waals surface area (Å²) in [5.74, 6) is -0.769. The first-order chi connectivity index (χ1) is 19.0. The van der Waals surface area contributed by atoms with E-state index in [1.165, 1.54) is 38.5 Å². The number of rotatable bonds is 18. The highest BCUT2D eigenvalue weighted by molar-refractivity contribution is 6.07. The van der Waals surface area contributed by atoms with E-state index in [9.17, 15) is 14.4 Å². The lowest BCUT2D eigenvalue weighted by Crippen LogP contribution is -2.43. The van der Waals surface area contributed by atoms with Gasteiger partial charge in [0.1, 0.15) is 12.6 Å². The van der Waals surface area contributed by atoms with Crippen molar-refractivity contribution in [3.8, 4) is 0 Å². The Balaban J connectivity index is 1.98. The molecule has 39 heavy (non-hydrogen) atoms. The lowest BCUT2D eigenvalue weighted by Gasteiger charge is -2.18. The Labute approximate surface area is 233 Å². The van der Waals surface area contributed by atoms with Crippen LogP contribution in [0.1, 0.15) is 95.6 Å². The third-order valence-electron chi connectivity index (χ3n) is 6.35. The van der Waals surface area contributed by atoms with E-state index in [0.29, 0.717) is 17.7 Å². The number of hydrogen-bond acceptors (Lipinski definition) is 5. The molecule has 0 saturated heterocycles.